The molecule has 0 aliphatic carbocycles. The number of benzene rings is 3. The van der Waals surface area contributed by atoms with Gasteiger partial charge in [0.1, 0.15) is 5.75 Å². The first-order valence-corrected chi connectivity index (χ1v) is 11.5. The summed E-state index contributed by atoms with van der Waals surface area (Å²) < 4.78 is 43.0. The molecule has 33 heavy (non-hydrogen) atoms. The molecule has 0 saturated heterocycles. The van der Waals surface area contributed by atoms with Gasteiger partial charge in [0.15, 0.2) is 11.5 Å². The van der Waals surface area contributed by atoms with Gasteiger partial charge in [0.05, 0.1) is 31.9 Å². The van der Waals surface area contributed by atoms with Gasteiger partial charge in [-0.2, -0.15) is 0 Å². The van der Waals surface area contributed by atoms with Crippen LogP contribution in [-0.2, 0) is 16.6 Å². The number of hydrogen-bond acceptors (Lipinski definition) is 6. The molecule has 1 amide bonds. The van der Waals surface area contributed by atoms with Crippen LogP contribution in [-0.4, -0.2) is 42.7 Å². The Kier molecular flexibility index (Phi) is 7.44. The van der Waals surface area contributed by atoms with Crippen LogP contribution < -0.4 is 23.8 Å². The maximum atomic E-state index is 12.9. The number of carbonyl (C=O) groups is 1. The van der Waals surface area contributed by atoms with Crippen molar-refractivity contribution in [2.24, 2.45) is 0 Å². The van der Waals surface area contributed by atoms with E-state index >= 15 is 0 Å². The third kappa shape index (κ3) is 5.20. The maximum Gasteiger partial charge on any atom is 0.264 e. The summed E-state index contributed by atoms with van der Waals surface area (Å²) in [6, 6.07) is 18.0. The summed E-state index contributed by atoms with van der Waals surface area (Å²) >= 11 is 0. The van der Waals surface area contributed by atoms with E-state index in [1.165, 1.54) is 56.9 Å². The Morgan fingerprint density at radius 1 is 0.848 bits per heavy atom. The largest absolute Gasteiger partial charge is 0.496 e. The molecule has 9 heteroatoms. The predicted octanol–water partition coefficient (Wildman–Crippen LogP) is 3.47. The molecule has 0 heterocycles. The Morgan fingerprint density at radius 3 is 2.00 bits per heavy atom. The van der Waals surface area contributed by atoms with E-state index in [2.05, 4.69) is 5.32 Å². The third-order valence-electron chi connectivity index (χ3n) is 5.12. The zero-order valence-electron chi connectivity index (χ0n) is 18.9. The number of nitrogens with one attached hydrogen (secondary N) is 1. The topological polar surface area (TPSA) is 94.2 Å². The first-order valence-electron chi connectivity index (χ1n) is 10.0. The Hall–Kier alpha value is -3.72. The SMILES string of the molecule is COc1cc(OC)c(OC)cc1CNC(=O)c1ccc(S(=O)(=O)N(C)c2ccccc2)cc1. The second-order valence-corrected chi connectivity index (χ2v) is 9.00. The monoisotopic (exact) mass is 470 g/mol. The molecule has 0 aromatic heterocycles. The van der Waals surface area contributed by atoms with Crippen molar-refractivity contribution >= 4 is 21.6 Å². The van der Waals surface area contributed by atoms with Crippen LogP contribution >= 0.6 is 0 Å². The average molecular weight is 471 g/mol. The highest BCUT2D eigenvalue weighted by Gasteiger charge is 2.21. The molecular weight excluding hydrogens is 444 g/mol. The van der Waals surface area contributed by atoms with E-state index in [1.54, 1.807) is 36.4 Å². The maximum absolute atomic E-state index is 12.9. The van der Waals surface area contributed by atoms with E-state index in [-0.39, 0.29) is 17.3 Å². The molecule has 0 aliphatic rings. The van der Waals surface area contributed by atoms with Gasteiger partial charge >= 0.3 is 0 Å². The fraction of sp³-hybridized carbons (Fsp3) is 0.208. The van der Waals surface area contributed by atoms with E-state index in [9.17, 15) is 13.2 Å². The van der Waals surface area contributed by atoms with Crippen LogP contribution in [0.5, 0.6) is 17.2 Å². The molecule has 0 unspecified atom stereocenters. The van der Waals surface area contributed by atoms with Crippen LogP contribution in [0.3, 0.4) is 0 Å². The Morgan fingerprint density at radius 2 is 1.42 bits per heavy atom. The minimum Gasteiger partial charge on any atom is -0.496 e. The first-order chi connectivity index (χ1) is 15.8. The minimum absolute atomic E-state index is 0.0898. The van der Waals surface area contributed by atoms with Gasteiger partial charge in [0, 0.05) is 30.8 Å². The number of ether oxygens (including phenoxy) is 3. The lowest BCUT2D eigenvalue weighted by atomic mass is 10.1. The van der Waals surface area contributed by atoms with Gasteiger partial charge in [-0.3, -0.25) is 9.10 Å². The standard InChI is InChI=1S/C24H26N2O6S/c1-26(19-8-6-5-7-9-19)33(28,29)20-12-10-17(11-13-20)24(27)25-16-18-14-22(31-3)23(32-4)15-21(18)30-2/h5-15H,16H2,1-4H3,(H,25,27). The van der Waals surface area contributed by atoms with Gasteiger partial charge < -0.3 is 19.5 Å². The van der Waals surface area contributed by atoms with Crippen molar-refractivity contribution in [2.75, 3.05) is 32.7 Å². The number of para-hydroxylation sites is 1. The molecule has 0 spiro atoms. The van der Waals surface area contributed by atoms with Crippen LogP contribution in [0.2, 0.25) is 0 Å². The van der Waals surface area contributed by atoms with E-state index in [1.807, 2.05) is 6.07 Å². The van der Waals surface area contributed by atoms with Crippen LogP contribution in [0.1, 0.15) is 15.9 Å². The van der Waals surface area contributed by atoms with E-state index in [4.69, 9.17) is 14.2 Å². The van der Waals surface area contributed by atoms with Crippen molar-refractivity contribution in [3.05, 3.63) is 77.9 Å². The zero-order chi connectivity index (χ0) is 24.0. The Bertz CT molecular complexity index is 1210. The number of methoxy groups -OCH3 is 3. The fourth-order valence-electron chi connectivity index (χ4n) is 3.22. The number of hydrogen-bond donors (Lipinski definition) is 1. The van der Waals surface area contributed by atoms with Crippen molar-refractivity contribution in [3.63, 3.8) is 0 Å². The summed E-state index contributed by atoms with van der Waals surface area (Å²) in [5, 5.41) is 2.81. The normalized spacial score (nSPS) is 10.9. The van der Waals surface area contributed by atoms with Gasteiger partial charge in [0.2, 0.25) is 0 Å². The lowest BCUT2D eigenvalue weighted by Crippen LogP contribution is -2.27. The summed E-state index contributed by atoms with van der Waals surface area (Å²) in [5.41, 5.74) is 1.58. The molecule has 0 radical (unpaired) electrons. The molecule has 0 atom stereocenters. The summed E-state index contributed by atoms with van der Waals surface area (Å²) in [6.07, 6.45) is 0. The highest BCUT2D eigenvalue weighted by Crippen LogP contribution is 2.34. The molecule has 8 nitrogen and oxygen atoms in total. The van der Waals surface area contributed by atoms with Gasteiger partial charge in [0.25, 0.3) is 15.9 Å². The molecule has 0 aliphatic heterocycles. The van der Waals surface area contributed by atoms with Crippen LogP contribution in [0.15, 0.2) is 71.6 Å². The van der Waals surface area contributed by atoms with Gasteiger partial charge in [-0.1, -0.05) is 18.2 Å². The fourth-order valence-corrected chi connectivity index (χ4v) is 4.42. The molecule has 0 saturated carbocycles. The van der Waals surface area contributed by atoms with Crippen LogP contribution in [0, 0.1) is 0 Å². The number of nitrogens with zero attached hydrogens (tertiary/aromatic N) is 1. The second kappa shape index (κ2) is 10.3. The molecular formula is C24H26N2O6S. The Labute approximate surface area is 193 Å². The molecule has 1 N–H and O–H groups in total. The van der Waals surface area contributed by atoms with Gasteiger partial charge in [-0.25, -0.2) is 8.42 Å². The summed E-state index contributed by atoms with van der Waals surface area (Å²) in [5.74, 6) is 1.21. The number of sulfonamides is 1. The average Bonchev–Trinajstić information content (AvgIpc) is 2.86. The number of rotatable bonds is 9. The molecule has 0 fully saturated rings. The second-order valence-electron chi connectivity index (χ2n) is 7.03. The molecule has 3 aromatic rings. The molecule has 0 bridgehead atoms. The lowest BCUT2D eigenvalue weighted by molar-refractivity contribution is 0.0950. The number of anilines is 1. The molecule has 174 valence electrons. The Balaban J connectivity index is 1.74. The summed E-state index contributed by atoms with van der Waals surface area (Å²) in [4.78, 5) is 12.7. The van der Waals surface area contributed by atoms with E-state index in [0.717, 1.165) is 0 Å². The van der Waals surface area contributed by atoms with Crippen molar-refractivity contribution in [3.8, 4) is 17.2 Å². The molecule has 3 rings (SSSR count). The smallest absolute Gasteiger partial charge is 0.264 e. The highest BCUT2D eigenvalue weighted by atomic mass is 32.2. The van der Waals surface area contributed by atoms with E-state index in [0.29, 0.717) is 34.1 Å². The lowest BCUT2D eigenvalue weighted by Gasteiger charge is -2.19. The quantitative estimate of drug-likeness (QED) is 0.515. The highest BCUT2D eigenvalue weighted by molar-refractivity contribution is 7.92. The van der Waals surface area contributed by atoms with Gasteiger partial charge in [-0.15, -0.1) is 0 Å². The number of amides is 1. The van der Waals surface area contributed by atoms with Crippen LogP contribution in [0.4, 0.5) is 5.69 Å². The van der Waals surface area contributed by atoms with Gasteiger partial charge in [-0.05, 0) is 42.5 Å². The third-order valence-corrected chi connectivity index (χ3v) is 6.92. The van der Waals surface area contributed by atoms with Crippen molar-refractivity contribution in [2.45, 2.75) is 11.4 Å². The zero-order valence-corrected chi connectivity index (χ0v) is 19.7. The first kappa shape index (κ1) is 23.9. The van der Waals surface area contributed by atoms with Crippen molar-refractivity contribution in [1.82, 2.24) is 5.32 Å². The van der Waals surface area contributed by atoms with Crippen molar-refractivity contribution in [1.29, 1.82) is 0 Å². The summed E-state index contributed by atoms with van der Waals surface area (Å²) in [6.45, 7) is 0.180. The number of carbonyl (C=O) groups excluding carboxylic acids is 1. The summed E-state index contributed by atoms with van der Waals surface area (Å²) in [7, 11) is 2.31. The minimum atomic E-state index is -3.75. The van der Waals surface area contributed by atoms with Crippen molar-refractivity contribution < 1.29 is 27.4 Å². The molecule has 3 aromatic carbocycles. The van der Waals surface area contributed by atoms with Crippen LogP contribution in [0.25, 0.3) is 0 Å². The predicted molar refractivity (Wildman–Crippen MR) is 126 cm³/mol. The van der Waals surface area contributed by atoms with E-state index < -0.39 is 10.0 Å².